The van der Waals surface area contributed by atoms with Gasteiger partial charge >= 0.3 is 0 Å². The van der Waals surface area contributed by atoms with E-state index in [4.69, 9.17) is 4.99 Å². The van der Waals surface area contributed by atoms with Gasteiger partial charge in [0, 0.05) is 26.2 Å². The lowest BCUT2D eigenvalue weighted by Gasteiger charge is -2.29. The minimum absolute atomic E-state index is 0.120. The van der Waals surface area contributed by atoms with Gasteiger partial charge in [-0.2, -0.15) is 0 Å². The van der Waals surface area contributed by atoms with Crippen LogP contribution in [0.25, 0.3) is 0 Å². The summed E-state index contributed by atoms with van der Waals surface area (Å²) < 4.78 is 0. The van der Waals surface area contributed by atoms with Crippen LogP contribution >= 0.6 is 0 Å². The lowest BCUT2D eigenvalue weighted by atomic mass is 9.92. The minimum Gasteiger partial charge on any atom is -0.388 e. The summed E-state index contributed by atoms with van der Waals surface area (Å²) in [6.07, 6.45) is 3.61. The maximum Gasteiger partial charge on any atom is 0.191 e. The second kappa shape index (κ2) is 10.9. The third-order valence-corrected chi connectivity index (χ3v) is 3.77. The molecular formula is C18H40N4O. The predicted molar refractivity (Wildman–Crippen MR) is 101 cm³/mol. The van der Waals surface area contributed by atoms with E-state index in [0.29, 0.717) is 6.54 Å². The minimum atomic E-state index is -0.640. The molecule has 0 atom stereocenters. The van der Waals surface area contributed by atoms with Crippen molar-refractivity contribution in [2.45, 2.75) is 65.9 Å². The molecule has 0 aromatic heterocycles. The fraction of sp³-hybridized carbons (Fsp3) is 0.944. The number of hydrogen-bond donors (Lipinski definition) is 3. The highest BCUT2D eigenvalue weighted by Crippen LogP contribution is 2.19. The lowest BCUT2D eigenvalue weighted by Crippen LogP contribution is -2.47. The first-order chi connectivity index (χ1) is 10.7. The second-order valence-electron chi connectivity index (χ2n) is 7.68. The van der Waals surface area contributed by atoms with Crippen LogP contribution in [-0.4, -0.2) is 61.8 Å². The molecule has 0 saturated heterocycles. The second-order valence-corrected chi connectivity index (χ2v) is 7.68. The molecule has 0 aliphatic heterocycles. The average Bonchev–Trinajstić information content (AvgIpc) is 2.41. The molecule has 0 unspecified atom stereocenters. The Morgan fingerprint density at radius 2 is 1.61 bits per heavy atom. The highest BCUT2D eigenvalue weighted by Gasteiger charge is 2.25. The summed E-state index contributed by atoms with van der Waals surface area (Å²) in [6, 6.07) is 0. The Morgan fingerprint density at radius 1 is 1.04 bits per heavy atom. The van der Waals surface area contributed by atoms with Crippen LogP contribution in [0.3, 0.4) is 0 Å². The largest absolute Gasteiger partial charge is 0.388 e. The third kappa shape index (κ3) is 10.6. The Labute approximate surface area is 143 Å². The van der Waals surface area contributed by atoms with Crippen molar-refractivity contribution in [3.8, 4) is 0 Å². The Hall–Kier alpha value is -0.810. The summed E-state index contributed by atoms with van der Waals surface area (Å²) in [7, 11) is 4.18. The number of nitrogens with zero attached hydrogens (tertiary/aromatic N) is 2. The molecule has 3 N–H and O–H groups in total. The fourth-order valence-corrected chi connectivity index (χ4v) is 3.02. The van der Waals surface area contributed by atoms with Gasteiger partial charge < -0.3 is 20.6 Å². The predicted octanol–water partition coefficient (Wildman–Crippen LogP) is 2.46. The molecule has 0 saturated carbocycles. The first-order valence-electron chi connectivity index (χ1n) is 9.07. The highest BCUT2D eigenvalue weighted by atomic mass is 16.3. The van der Waals surface area contributed by atoms with Crippen LogP contribution < -0.4 is 10.6 Å². The Morgan fingerprint density at radius 3 is 2.04 bits per heavy atom. The maximum absolute atomic E-state index is 10.7. The van der Waals surface area contributed by atoms with E-state index < -0.39 is 5.60 Å². The summed E-state index contributed by atoms with van der Waals surface area (Å²) in [5.74, 6) is 0.796. The van der Waals surface area contributed by atoms with Gasteiger partial charge in [-0.05, 0) is 39.3 Å². The fourth-order valence-electron chi connectivity index (χ4n) is 3.02. The van der Waals surface area contributed by atoms with Crippen LogP contribution in [0.15, 0.2) is 4.99 Å². The Kier molecular flexibility index (Phi) is 10.5. The van der Waals surface area contributed by atoms with Crippen LogP contribution in [0.4, 0.5) is 0 Å². The molecule has 0 aromatic carbocycles. The van der Waals surface area contributed by atoms with E-state index in [1.807, 2.05) is 0 Å². The normalized spacial score (nSPS) is 13.5. The smallest absolute Gasteiger partial charge is 0.191 e. The SMILES string of the molecule is CCCC(O)(CCC)CNC(=NCC(C)(C)CN(C)C)NCC. The van der Waals surface area contributed by atoms with Crippen molar-refractivity contribution in [2.75, 3.05) is 40.3 Å². The van der Waals surface area contributed by atoms with Crippen LogP contribution in [0.2, 0.25) is 0 Å². The molecule has 0 spiro atoms. The van der Waals surface area contributed by atoms with Crippen LogP contribution in [0.5, 0.6) is 0 Å². The van der Waals surface area contributed by atoms with E-state index in [2.05, 4.69) is 64.2 Å². The topological polar surface area (TPSA) is 59.9 Å². The number of rotatable bonds is 11. The van der Waals surface area contributed by atoms with E-state index in [1.165, 1.54) is 0 Å². The monoisotopic (exact) mass is 328 g/mol. The molecule has 0 amide bonds. The number of nitrogens with one attached hydrogen (secondary N) is 2. The quantitative estimate of drug-likeness (QED) is 0.403. The third-order valence-electron chi connectivity index (χ3n) is 3.77. The molecule has 0 rings (SSSR count). The molecule has 0 aliphatic rings. The molecule has 138 valence electrons. The zero-order valence-electron chi connectivity index (χ0n) is 16.5. The standard InChI is InChI=1S/C18H40N4O/c1-8-11-18(23,12-9-2)14-21-16(19-10-3)20-13-17(4,5)15-22(6)7/h23H,8-15H2,1-7H3,(H2,19,20,21). The summed E-state index contributed by atoms with van der Waals surface area (Å²) in [4.78, 5) is 6.91. The molecule has 5 heteroatoms. The molecule has 0 aliphatic carbocycles. The van der Waals surface area contributed by atoms with Crippen molar-refractivity contribution in [3.63, 3.8) is 0 Å². The lowest BCUT2D eigenvalue weighted by molar-refractivity contribution is 0.0257. The van der Waals surface area contributed by atoms with E-state index >= 15 is 0 Å². The van der Waals surface area contributed by atoms with Gasteiger partial charge in [-0.15, -0.1) is 0 Å². The molecule has 0 fully saturated rings. The molecule has 5 nitrogen and oxygen atoms in total. The van der Waals surface area contributed by atoms with Crippen molar-refractivity contribution in [2.24, 2.45) is 10.4 Å². The molecular weight excluding hydrogens is 288 g/mol. The maximum atomic E-state index is 10.7. The van der Waals surface area contributed by atoms with Crippen molar-refractivity contribution >= 4 is 5.96 Å². The van der Waals surface area contributed by atoms with Crippen LogP contribution in [0.1, 0.15) is 60.3 Å². The van der Waals surface area contributed by atoms with E-state index in [9.17, 15) is 5.11 Å². The van der Waals surface area contributed by atoms with Crippen molar-refractivity contribution in [1.82, 2.24) is 15.5 Å². The van der Waals surface area contributed by atoms with Gasteiger partial charge in [0.15, 0.2) is 5.96 Å². The summed E-state index contributed by atoms with van der Waals surface area (Å²) in [5, 5.41) is 17.3. The zero-order chi connectivity index (χ0) is 17.9. The average molecular weight is 329 g/mol. The number of hydrogen-bond acceptors (Lipinski definition) is 3. The Balaban J connectivity index is 4.74. The van der Waals surface area contributed by atoms with E-state index in [0.717, 1.165) is 51.3 Å². The van der Waals surface area contributed by atoms with E-state index in [-0.39, 0.29) is 5.41 Å². The summed E-state index contributed by atoms with van der Waals surface area (Å²) in [6.45, 7) is 13.9. The number of aliphatic imine (C=N–C) groups is 1. The molecule has 0 radical (unpaired) electrons. The van der Waals surface area contributed by atoms with Crippen LogP contribution in [0, 0.1) is 5.41 Å². The summed E-state index contributed by atoms with van der Waals surface area (Å²) in [5.41, 5.74) is -0.520. The van der Waals surface area contributed by atoms with E-state index in [1.54, 1.807) is 0 Å². The van der Waals surface area contributed by atoms with Crippen LogP contribution in [-0.2, 0) is 0 Å². The summed E-state index contributed by atoms with van der Waals surface area (Å²) >= 11 is 0. The van der Waals surface area contributed by atoms with Gasteiger partial charge in [-0.3, -0.25) is 4.99 Å². The van der Waals surface area contributed by atoms with Gasteiger partial charge in [-0.1, -0.05) is 40.5 Å². The van der Waals surface area contributed by atoms with Crippen molar-refractivity contribution in [1.29, 1.82) is 0 Å². The van der Waals surface area contributed by atoms with Gasteiger partial charge in [0.25, 0.3) is 0 Å². The molecule has 0 bridgehead atoms. The van der Waals surface area contributed by atoms with Gasteiger partial charge in [0.1, 0.15) is 0 Å². The molecule has 23 heavy (non-hydrogen) atoms. The highest BCUT2D eigenvalue weighted by molar-refractivity contribution is 5.79. The Bertz CT molecular complexity index is 334. The molecule has 0 aromatic rings. The van der Waals surface area contributed by atoms with Gasteiger partial charge in [0.05, 0.1) is 5.60 Å². The number of aliphatic hydroxyl groups is 1. The zero-order valence-corrected chi connectivity index (χ0v) is 16.5. The first-order valence-corrected chi connectivity index (χ1v) is 9.07. The van der Waals surface area contributed by atoms with Gasteiger partial charge in [-0.25, -0.2) is 0 Å². The number of guanidine groups is 1. The van der Waals surface area contributed by atoms with Gasteiger partial charge in [0.2, 0.25) is 0 Å². The first kappa shape index (κ1) is 22.2. The van der Waals surface area contributed by atoms with Crippen molar-refractivity contribution < 1.29 is 5.11 Å². The molecule has 0 heterocycles. The van der Waals surface area contributed by atoms with Crippen molar-refractivity contribution in [3.05, 3.63) is 0 Å².